The molecule has 0 aliphatic carbocycles. The number of benzene rings is 1. The molecule has 7 nitrogen and oxygen atoms in total. The predicted molar refractivity (Wildman–Crippen MR) is 94.4 cm³/mol. The molecule has 2 aliphatic heterocycles. The van der Waals surface area contributed by atoms with Crippen LogP contribution in [0.3, 0.4) is 0 Å². The van der Waals surface area contributed by atoms with Crippen molar-refractivity contribution >= 4 is 5.91 Å². The lowest BCUT2D eigenvalue weighted by Crippen LogP contribution is -2.52. The number of aromatic nitrogens is 2. The van der Waals surface area contributed by atoms with Crippen molar-refractivity contribution in [2.24, 2.45) is 0 Å². The van der Waals surface area contributed by atoms with Crippen LogP contribution in [0.25, 0.3) is 0 Å². The Kier molecular flexibility index (Phi) is 4.99. The Morgan fingerprint density at radius 2 is 2.00 bits per heavy atom. The first-order chi connectivity index (χ1) is 12.7. The van der Waals surface area contributed by atoms with Crippen LogP contribution in [0.4, 0.5) is 0 Å². The standard InChI is InChI=1S/C19H24N4O3/c24-17-13-19(6-10-25-11-7-19)23(9-8-20-17)14-18-21-16(22-26-18)12-15-4-2-1-3-5-15/h1-5H,6-14H2,(H,20,24). The summed E-state index contributed by atoms with van der Waals surface area (Å²) in [5.74, 6) is 1.41. The average Bonchev–Trinajstić information content (AvgIpc) is 3.03. The van der Waals surface area contributed by atoms with Gasteiger partial charge in [0.15, 0.2) is 5.82 Å². The summed E-state index contributed by atoms with van der Waals surface area (Å²) in [6, 6.07) is 10.1. The Morgan fingerprint density at radius 3 is 2.81 bits per heavy atom. The normalized spacial score (nSPS) is 20.7. The summed E-state index contributed by atoms with van der Waals surface area (Å²) in [6.07, 6.45) is 2.86. The van der Waals surface area contributed by atoms with Crippen molar-refractivity contribution in [3.8, 4) is 0 Å². The first kappa shape index (κ1) is 17.2. The molecule has 1 N–H and O–H groups in total. The third kappa shape index (κ3) is 3.78. The van der Waals surface area contributed by atoms with Gasteiger partial charge in [-0.05, 0) is 18.4 Å². The largest absolute Gasteiger partial charge is 0.381 e. The van der Waals surface area contributed by atoms with Crippen LogP contribution in [0.1, 0.15) is 36.5 Å². The quantitative estimate of drug-likeness (QED) is 0.895. The Morgan fingerprint density at radius 1 is 1.19 bits per heavy atom. The molecule has 0 radical (unpaired) electrons. The van der Waals surface area contributed by atoms with Gasteiger partial charge in [-0.25, -0.2) is 0 Å². The highest BCUT2D eigenvalue weighted by Crippen LogP contribution is 2.33. The van der Waals surface area contributed by atoms with Crippen molar-refractivity contribution < 1.29 is 14.1 Å². The number of nitrogens with zero attached hydrogens (tertiary/aromatic N) is 3. The number of nitrogens with one attached hydrogen (secondary N) is 1. The van der Waals surface area contributed by atoms with Gasteiger partial charge in [0.25, 0.3) is 0 Å². The molecular weight excluding hydrogens is 332 g/mol. The third-order valence-corrected chi connectivity index (χ3v) is 5.33. The van der Waals surface area contributed by atoms with E-state index in [2.05, 4.69) is 32.5 Å². The van der Waals surface area contributed by atoms with Crippen molar-refractivity contribution in [1.82, 2.24) is 20.4 Å². The first-order valence-electron chi connectivity index (χ1n) is 9.18. The molecule has 4 rings (SSSR count). The van der Waals surface area contributed by atoms with Crippen molar-refractivity contribution in [2.45, 2.75) is 37.8 Å². The van der Waals surface area contributed by atoms with Crippen molar-refractivity contribution in [3.63, 3.8) is 0 Å². The number of carbonyl (C=O) groups excluding carboxylic acids is 1. The molecular formula is C19H24N4O3. The van der Waals surface area contributed by atoms with Crippen molar-refractivity contribution in [1.29, 1.82) is 0 Å². The van der Waals surface area contributed by atoms with Gasteiger partial charge in [-0.2, -0.15) is 4.98 Å². The van der Waals surface area contributed by atoms with E-state index in [0.717, 1.165) is 24.9 Å². The SMILES string of the molecule is O=C1CC2(CCOCC2)N(Cc2nc(Cc3ccccc3)no2)CCN1. The smallest absolute Gasteiger partial charge is 0.240 e. The van der Waals surface area contributed by atoms with E-state index < -0.39 is 0 Å². The van der Waals surface area contributed by atoms with E-state index in [1.165, 1.54) is 0 Å². The summed E-state index contributed by atoms with van der Waals surface area (Å²) in [5.41, 5.74) is 0.984. The molecule has 1 aromatic heterocycles. The molecule has 138 valence electrons. The lowest BCUT2D eigenvalue weighted by atomic mass is 9.84. The number of rotatable bonds is 4. The minimum absolute atomic E-state index is 0.115. The van der Waals surface area contributed by atoms with E-state index in [-0.39, 0.29) is 11.4 Å². The van der Waals surface area contributed by atoms with E-state index in [1.807, 2.05) is 18.2 Å². The summed E-state index contributed by atoms with van der Waals surface area (Å²) in [4.78, 5) is 19.0. The summed E-state index contributed by atoms with van der Waals surface area (Å²) in [5, 5.41) is 7.11. The lowest BCUT2D eigenvalue weighted by Gasteiger charge is -2.44. The monoisotopic (exact) mass is 356 g/mol. The molecule has 2 aliphatic rings. The van der Waals surface area contributed by atoms with Gasteiger partial charge in [-0.3, -0.25) is 9.69 Å². The van der Waals surface area contributed by atoms with Gasteiger partial charge in [0.1, 0.15) is 0 Å². The molecule has 0 atom stereocenters. The molecule has 1 amide bonds. The van der Waals surface area contributed by atoms with Crippen LogP contribution in [0, 0.1) is 0 Å². The van der Waals surface area contributed by atoms with Crippen LogP contribution < -0.4 is 5.32 Å². The van der Waals surface area contributed by atoms with Crippen molar-refractivity contribution in [2.75, 3.05) is 26.3 Å². The maximum atomic E-state index is 12.1. The molecule has 1 spiro atoms. The summed E-state index contributed by atoms with van der Waals surface area (Å²) in [7, 11) is 0. The topological polar surface area (TPSA) is 80.5 Å². The van der Waals surface area contributed by atoms with Crippen LogP contribution in [0.15, 0.2) is 34.9 Å². The first-order valence-corrected chi connectivity index (χ1v) is 9.18. The molecule has 26 heavy (non-hydrogen) atoms. The second-order valence-corrected chi connectivity index (χ2v) is 7.05. The van der Waals surface area contributed by atoms with Gasteiger partial charge < -0.3 is 14.6 Å². The molecule has 7 heteroatoms. The third-order valence-electron chi connectivity index (χ3n) is 5.33. The molecule has 0 bridgehead atoms. The highest BCUT2D eigenvalue weighted by molar-refractivity contribution is 5.77. The Hall–Kier alpha value is -2.25. The van der Waals surface area contributed by atoms with E-state index in [1.54, 1.807) is 0 Å². The minimum Gasteiger partial charge on any atom is -0.381 e. The van der Waals surface area contributed by atoms with E-state index in [0.29, 0.717) is 50.9 Å². The highest BCUT2D eigenvalue weighted by Gasteiger charge is 2.42. The van der Waals surface area contributed by atoms with Gasteiger partial charge in [0.05, 0.1) is 6.54 Å². The maximum absolute atomic E-state index is 12.1. The fourth-order valence-electron chi connectivity index (χ4n) is 3.90. The molecule has 1 aromatic carbocycles. The molecule has 0 saturated carbocycles. The summed E-state index contributed by atoms with van der Waals surface area (Å²) >= 11 is 0. The highest BCUT2D eigenvalue weighted by atomic mass is 16.5. The van der Waals surface area contributed by atoms with Gasteiger partial charge in [0.2, 0.25) is 11.8 Å². The zero-order valence-corrected chi connectivity index (χ0v) is 14.8. The van der Waals surface area contributed by atoms with Crippen LogP contribution in [-0.4, -0.2) is 52.8 Å². The van der Waals surface area contributed by atoms with Crippen LogP contribution in [0.5, 0.6) is 0 Å². The second kappa shape index (κ2) is 7.55. The predicted octanol–water partition coefficient (Wildman–Crippen LogP) is 1.53. The van der Waals surface area contributed by atoms with Gasteiger partial charge >= 0.3 is 0 Å². The molecule has 0 unspecified atom stereocenters. The number of hydrogen-bond donors (Lipinski definition) is 1. The number of amides is 1. The minimum atomic E-state index is -0.174. The number of ether oxygens (including phenoxy) is 1. The van der Waals surface area contributed by atoms with Gasteiger partial charge in [-0.15, -0.1) is 0 Å². The fraction of sp³-hybridized carbons (Fsp3) is 0.526. The number of carbonyl (C=O) groups is 1. The fourth-order valence-corrected chi connectivity index (χ4v) is 3.90. The zero-order valence-electron chi connectivity index (χ0n) is 14.8. The van der Waals surface area contributed by atoms with Crippen LogP contribution in [0.2, 0.25) is 0 Å². The molecule has 3 heterocycles. The van der Waals surface area contributed by atoms with Crippen molar-refractivity contribution in [3.05, 3.63) is 47.6 Å². The Labute approximate surface area is 152 Å². The number of hydrogen-bond acceptors (Lipinski definition) is 6. The molecule has 2 aromatic rings. The molecule has 2 saturated heterocycles. The molecule has 2 fully saturated rings. The average molecular weight is 356 g/mol. The van der Waals surface area contributed by atoms with Gasteiger partial charge in [0, 0.05) is 44.7 Å². The van der Waals surface area contributed by atoms with Gasteiger partial charge in [-0.1, -0.05) is 35.5 Å². The van der Waals surface area contributed by atoms with Crippen LogP contribution >= 0.6 is 0 Å². The lowest BCUT2D eigenvalue weighted by molar-refractivity contribution is -0.124. The van der Waals surface area contributed by atoms with Crippen LogP contribution in [-0.2, 0) is 22.5 Å². The Bertz CT molecular complexity index is 740. The zero-order chi connectivity index (χ0) is 17.8. The maximum Gasteiger partial charge on any atom is 0.240 e. The summed E-state index contributed by atoms with van der Waals surface area (Å²) in [6.45, 7) is 3.37. The van der Waals surface area contributed by atoms with E-state index in [4.69, 9.17) is 9.26 Å². The second-order valence-electron chi connectivity index (χ2n) is 7.05. The van der Waals surface area contributed by atoms with E-state index >= 15 is 0 Å². The van der Waals surface area contributed by atoms with E-state index in [9.17, 15) is 4.79 Å². The summed E-state index contributed by atoms with van der Waals surface area (Å²) < 4.78 is 11.0. The Balaban J connectivity index is 1.49.